The Kier molecular flexibility index (Phi) is 6.30. The Morgan fingerprint density at radius 1 is 1.34 bits per heavy atom. The van der Waals surface area contributed by atoms with E-state index in [2.05, 4.69) is 17.2 Å². The lowest BCUT2D eigenvalue weighted by atomic mass is 9.84. The highest BCUT2D eigenvalue weighted by Gasteiger charge is 2.49. The van der Waals surface area contributed by atoms with Gasteiger partial charge in [-0.3, -0.25) is 14.6 Å². The van der Waals surface area contributed by atoms with E-state index in [0.717, 1.165) is 36.8 Å². The number of amidine groups is 1. The molecule has 0 spiro atoms. The van der Waals surface area contributed by atoms with Gasteiger partial charge in [0.05, 0.1) is 11.6 Å². The fraction of sp³-hybridized carbons (Fsp3) is 0.714. The van der Waals surface area contributed by atoms with E-state index in [9.17, 15) is 9.59 Å². The summed E-state index contributed by atoms with van der Waals surface area (Å²) in [6.07, 6.45) is 7.75. The smallest absolute Gasteiger partial charge is 0.273 e. The topological polar surface area (TPSA) is 74.7 Å². The van der Waals surface area contributed by atoms with Crippen LogP contribution >= 0.6 is 23.1 Å². The van der Waals surface area contributed by atoms with E-state index < -0.39 is 4.75 Å². The van der Waals surface area contributed by atoms with Crippen molar-refractivity contribution >= 4 is 40.1 Å². The highest BCUT2D eigenvalue weighted by molar-refractivity contribution is 8.16. The minimum Gasteiger partial charge on any atom is -0.337 e. The number of piperidine rings is 1. The Balaban J connectivity index is 1.35. The number of carbonyl (C=O) groups excluding carboxylic acids is 2. The summed E-state index contributed by atoms with van der Waals surface area (Å²) >= 11 is 3.05. The monoisotopic (exact) mass is 434 g/mol. The summed E-state index contributed by atoms with van der Waals surface area (Å²) < 4.78 is -0.490. The molecule has 3 heterocycles. The van der Waals surface area contributed by atoms with Crippen molar-refractivity contribution in [3.8, 4) is 0 Å². The van der Waals surface area contributed by atoms with Gasteiger partial charge in [0, 0.05) is 18.5 Å². The molecule has 8 heteroatoms. The third-order valence-electron chi connectivity index (χ3n) is 6.70. The van der Waals surface area contributed by atoms with E-state index in [0.29, 0.717) is 24.8 Å². The quantitative estimate of drug-likeness (QED) is 0.762. The van der Waals surface area contributed by atoms with Crippen LogP contribution in [-0.4, -0.2) is 50.7 Å². The summed E-state index contributed by atoms with van der Waals surface area (Å²) in [6.45, 7) is 5.65. The molecule has 1 unspecified atom stereocenters. The average Bonchev–Trinajstić information content (AvgIpc) is 3.45. The van der Waals surface area contributed by atoms with Crippen LogP contribution in [0, 0.1) is 11.8 Å². The molecule has 2 saturated heterocycles. The molecule has 0 aromatic carbocycles. The maximum atomic E-state index is 12.8. The molecule has 0 radical (unpaired) electrons. The SMILES string of the molecule is CCC[C@@H]1CC[C@@H](N=C2NC(=O)C(C)(C3CCN(C(=O)c4cscn4)CC3)S2)C1. The number of aromatic nitrogens is 1. The lowest BCUT2D eigenvalue weighted by Crippen LogP contribution is -2.47. The van der Waals surface area contributed by atoms with Gasteiger partial charge in [-0.05, 0) is 50.9 Å². The molecule has 158 valence electrons. The van der Waals surface area contributed by atoms with E-state index >= 15 is 0 Å². The van der Waals surface area contributed by atoms with Crippen LogP contribution in [0.25, 0.3) is 0 Å². The Hall–Kier alpha value is -1.41. The maximum absolute atomic E-state index is 12.8. The Morgan fingerprint density at radius 2 is 2.14 bits per heavy atom. The van der Waals surface area contributed by atoms with Gasteiger partial charge in [0.2, 0.25) is 5.91 Å². The second-order valence-electron chi connectivity index (χ2n) is 8.66. The highest BCUT2D eigenvalue weighted by Crippen LogP contribution is 2.43. The Bertz CT molecular complexity index is 774. The highest BCUT2D eigenvalue weighted by atomic mass is 32.2. The van der Waals surface area contributed by atoms with Gasteiger partial charge in [-0.1, -0.05) is 31.5 Å². The van der Waals surface area contributed by atoms with Crippen molar-refractivity contribution in [2.75, 3.05) is 13.1 Å². The number of rotatable bonds is 5. The lowest BCUT2D eigenvalue weighted by molar-refractivity contribution is -0.122. The van der Waals surface area contributed by atoms with Crippen molar-refractivity contribution in [2.24, 2.45) is 16.8 Å². The molecule has 29 heavy (non-hydrogen) atoms. The van der Waals surface area contributed by atoms with Crippen LogP contribution in [0.1, 0.15) is 69.3 Å². The minimum absolute atomic E-state index is 0.00324. The summed E-state index contributed by atoms with van der Waals surface area (Å²) in [4.78, 5) is 36.3. The molecule has 4 rings (SSSR count). The molecule has 1 aromatic heterocycles. The molecule has 1 N–H and O–H groups in total. The molecule has 1 aliphatic carbocycles. The molecule has 2 amide bonds. The van der Waals surface area contributed by atoms with Crippen molar-refractivity contribution in [1.29, 1.82) is 0 Å². The van der Waals surface area contributed by atoms with Crippen LogP contribution in [0.4, 0.5) is 0 Å². The van der Waals surface area contributed by atoms with Gasteiger partial charge in [-0.15, -0.1) is 11.3 Å². The van der Waals surface area contributed by atoms with Crippen LogP contribution in [0.3, 0.4) is 0 Å². The first-order valence-corrected chi connectivity index (χ1v) is 12.5. The van der Waals surface area contributed by atoms with Gasteiger partial charge < -0.3 is 10.2 Å². The number of nitrogens with zero attached hydrogens (tertiary/aromatic N) is 3. The second-order valence-corrected chi connectivity index (χ2v) is 10.8. The first-order valence-electron chi connectivity index (χ1n) is 10.7. The van der Waals surface area contributed by atoms with Gasteiger partial charge in [0.15, 0.2) is 5.17 Å². The van der Waals surface area contributed by atoms with Crippen LogP contribution in [0.5, 0.6) is 0 Å². The molecule has 0 bridgehead atoms. The third kappa shape index (κ3) is 4.38. The van der Waals surface area contributed by atoms with E-state index in [4.69, 9.17) is 4.99 Å². The van der Waals surface area contributed by atoms with Gasteiger partial charge in [-0.2, -0.15) is 0 Å². The molecular formula is C21H30N4O2S2. The van der Waals surface area contributed by atoms with Crippen molar-refractivity contribution in [2.45, 2.75) is 69.6 Å². The predicted molar refractivity (Wildman–Crippen MR) is 118 cm³/mol. The zero-order chi connectivity index (χ0) is 20.4. The van der Waals surface area contributed by atoms with Crippen molar-refractivity contribution in [1.82, 2.24) is 15.2 Å². The van der Waals surface area contributed by atoms with E-state index in [1.165, 1.54) is 30.6 Å². The average molecular weight is 435 g/mol. The number of thiazole rings is 1. The molecule has 1 aromatic rings. The lowest BCUT2D eigenvalue weighted by Gasteiger charge is -2.37. The van der Waals surface area contributed by atoms with Crippen molar-refractivity contribution in [3.05, 3.63) is 16.6 Å². The van der Waals surface area contributed by atoms with E-state index in [-0.39, 0.29) is 17.7 Å². The molecule has 6 nitrogen and oxygen atoms in total. The number of nitrogens with one attached hydrogen (secondary N) is 1. The van der Waals surface area contributed by atoms with Crippen LogP contribution in [0.15, 0.2) is 15.9 Å². The van der Waals surface area contributed by atoms with E-state index in [1.54, 1.807) is 22.7 Å². The maximum Gasteiger partial charge on any atom is 0.273 e. The van der Waals surface area contributed by atoms with Crippen LogP contribution < -0.4 is 5.32 Å². The summed E-state index contributed by atoms with van der Waals surface area (Å²) in [5.41, 5.74) is 2.22. The van der Waals surface area contributed by atoms with Crippen molar-refractivity contribution < 1.29 is 9.59 Å². The molecule has 3 fully saturated rings. The molecule has 3 atom stereocenters. The molecule has 2 aliphatic heterocycles. The zero-order valence-corrected chi connectivity index (χ0v) is 18.9. The standard InChI is InChI=1S/C21H30N4O2S2/c1-3-4-14-5-6-16(11-14)23-20-24-19(27)21(2,29-20)15-7-9-25(10-8-15)18(26)17-12-28-13-22-17/h12-16H,3-11H2,1-2H3,(H,23,24,27)/t14-,16-,21?/m1/s1. The van der Waals surface area contributed by atoms with Gasteiger partial charge in [0.25, 0.3) is 5.91 Å². The summed E-state index contributed by atoms with van der Waals surface area (Å²) in [5.74, 6) is 1.12. The zero-order valence-electron chi connectivity index (χ0n) is 17.2. The number of amides is 2. The number of carbonyl (C=O) groups is 2. The number of aliphatic imine (C=N–C) groups is 1. The van der Waals surface area contributed by atoms with Gasteiger partial charge in [0.1, 0.15) is 10.4 Å². The Labute approximate surface area is 180 Å². The van der Waals surface area contributed by atoms with Gasteiger partial charge in [-0.25, -0.2) is 4.98 Å². The number of thioether (sulfide) groups is 1. The summed E-state index contributed by atoms with van der Waals surface area (Å²) in [7, 11) is 0. The Morgan fingerprint density at radius 3 is 2.83 bits per heavy atom. The first kappa shape index (κ1) is 20.8. The fourth-order valence-electron chi connectivity index (χ4n) is 4.94. The van der Waals surface area contributed by atoms with Crippen molar-refractivity contribution in [3.63, 3.8) is 0 Å². The second kappa shape index (κ2) is 8.76. The number of hydrogen-bond donors (Lipinski definition) is 1. The minimum atomic E-state index is -0.490. The summed E-state index contributed by atoms with van der Waals surface area (Å²) in [5, 5.41) is 5.66. The predicted octanol–water partition coefficient (Wildman–Crippen LogP) is 3.94. The normalized spacial score (nSPS) is 32.1. The third-order valence-corrected chi connectivity index (χ3v) is 8.63. The molecular weight excluding hydrogens is 404 g/mol. The van der Waals surface area contributed by atoms with E-state index in [1.807, 2.05) is 11.8 Å². The van der Waals surface area contributed by atoms with Gasteiger partial charge >= 0.3 is 0 Å². The molecule has 3 aliphatic rings. The number of likely N-dealkylation sites (tertiary alicyclic amines) is 1. The largest absolute Gasteiger partial charge is 0.337 e. The summed E-state index contributed by atoms with van der Waals surface area (Å²) in [6, 6.07) is 0.356. The first-order chi connectivity index (χ1) is 14.0. The number of hydrogen-bond acceptors (Lipinski definition) is 6. The fourth-order valence-corrected chi connectivity index (χ4v) is 6.76. The van der Waals surface area contributed by atoms with Crippen LogP contribution in [0.2, 0.25) is 0 Å². The molecule has 1 saturated carbocycles. The van der Waals surface area contributed by atoms with Crippen LogP contribution in [-0.2, 0) is 4.79 Å².